The molecule has 2 N–H and O–H groups in total. The fourth-order valence-electron chi connectivity index (χ4n) is 2.16. The zero-order chi connectivity index (χ0) is 10.6. The lowest BCUT2D eigenvalue weighted by atomic mass is 9.94. The van der Waals surface area contributed by atoms with Crippen LogP contribution in [0.4, 0.5) is 0 Å². The van der Waals surface area contributed by atoms with Crippen LogP contribution in [0.25, 0.3) is 0 Å². The van der Waals surface area contributed by atoms with E-state index in [-0.39, 0.29) is 0 Å². The van der Waals surface area contributed by atoms with Gasteiger partial charge in [-0.1, -0.05) is 0 Å². The maximum Gasteiger partial charge on any atom is 0.0815 e. The second kappa shape index (κ2) is 5.25. The van der Waals surface area contributed by atoms with E-state index >= 15 is 0 Å². The van der Waals surface area contributed by atoms with E-state index in [1.54, 1.807) is 0 Å². The zero-order valence-corrected chi connectivity index (χ0v) is 9.21. The molecule has 0 aliphatic carbocycles. The predicted octanol–water partition coefficient (Wildman–Crippen LogP) is 0.296. The summed E-state index contributed by atoms with van der Waals surface area (Å²) in [5.41, 5.74) is -0.560. The molecule has 0 amide bonds. The molecule has 0 aromatic carbocycles. The molecule has 2 aliphatic heterocycles. The number of hydrogen-bond donors (Lipinski definition) is 2. The van der Waals surface area contributed by atoms with Crippen molar-refractivity contribution in [2.45, 2.75) is 37.3 Å². The van der Waals surface area contributed by atoms with Gasteiger partial charge in [-0.25, -0.2) is 0 Å². The Morgan fingerprint density at radius 2 is 2.00 bits per heavy atom. The lowest BCUT2D eigenvalue weighted by molar-refractivity contribution is -0.0651. The molecule has 4 nitrogen and oxygen atoms in total. The van der Waals surface area contributed by atoms with E-state index in [0.29, 0.717) is 25.8 Å². The molecule has 4 heteroatoms. The zero-order valence-electron chi connectivity index (χ0n) is 9.21. The number of nitrogens with one attached hydrogen (secondary N) is 1. The number of hydrogen-bond acceptors (Lipinski definition) is 4. The standard InChI is InChI=1S/C11H21NO3/c13-11(3-6-14-7-4-11)9-12-10-2-1-5-15-8-10/h10,12-13H,1-9H2. The van der Waals surface area contributed by atoms with Crippen LogP contribution in [0.2, 0.25) is 0 Å². The molecule has 88 valence electrons. The van der Waals surface area contributed by atoms with Crippen LogP contribution in [0.15, 0.2) is 0 Å². The van der Waals surface area contributed by atoms with Gasteiger partial charge in [-0.3, -0.25) is 0 Å². The summed E-state index contributed by atoms with van der Waals surface area (Å²) in [5, 5.41) is 13.6. The molecule has 0 aromatic heterocycles. The fraction of sp³-hybridized carbons (Fsp3) is 1.00. The topological polar surface area (TPSA) is 50.7 Å². The molecule has 0 spiro atoms. The maximum absolute atomic E-state index is 10.2. The molecule has 2 saturated heterocycles. The lowest BCUT2D eigenvalue weighted by Gasteiger charge is -2.34. The summed E-state index contributed by atoms with van der Waals surface area (Å²) >= 11 is 0. The minimum atomic E-state index is -0.560. The quantitative estimate of drug-likeness (QED) is 0.711. The van der Waals surface area contributed by atoms with Gasteiger partial charge in [-0.05, 0) is 12.8 Å². The van der Waals surface area contributed by atoms with Crippen LogP contribution >= 0.6 is 0 Å². The van der Waals surface area contributed by atoms with Crippen molar-refractivity contribution >= 4 is 0 Å². The first-order chi connectivity index (χ1) is 7.29. The summed E-state index contributed by atoms with van der Waals surface area (Å²) in [5.74, 6) is 0. The van der Waals surface area contributed by atoms with Gasteiger partial charge in [0.2, 0.25) is 0 Å². The summed E-state index contributed by atoms with van der Waals surface area (Å²) in [6.07, 6.45) is 3.77. The Hall–Kier alpha value is -0.160. The van der Waals surface area contributed by atoms with Crippen LogP contribution in [0.5, 0.6) is 0 Å². The molecule has 2 fully saturated rings. The summed E-state index contributed by atoms with van der Waals surface area (Å²) in [7, 11) is 0. The van der Waals surface area contributed by atoms with Gasteiger partial charge in [0.1, 0.15) is 0 Å². The average Bonchev–Trinajstić information content (AvgIpc) is 2.29. The molecule has 0 aromatic rings. The summed E-state index contributed by atoms with van der Waals surface area (Å²) in [6, 6.07) is 0.422. The summed E-state index contributed by atoms with van der Waals surface area (Å²) in [6.45, 7) is 3.70. The Balaban J connectivity index is 1.70. The molecule has 1 unspecified atom stereocenters. The first-order valence-electron chi connectivity index (χ1n) is 5.90. The molecule has 0 bridgehead atoms. The molecule has 1 atom stereocenters. The Morgan fingerprint density at radius 3 is 2.67 bits per heavy atom. The number of ether oxygens (including phenoxy) is 2. The molecule has 2 rings (SSSR count). The van der Waals surface area contributed by atoms with Crippen LogP contribution in [0, 0.1) is 0 Å². The Kier molecular flexibility index (Phi) is 3.97. The van der Waals surface area contributed by atoms with E-state index in [2.05, 4.69) is 5.32 Å². The summed E-state index contributed by atoms with van der Waals surface area (Å²) < 4.78 is 10.6. The Morgan fingerprint density at radius 1 is 1.20 bits per heavy atom. The highest BCUT2D eigenvalue weighted by atomic mass is 16.5. The molecule has 2 heterocycles. The minimum Gasteiger partial charge on any atom is -0.388 e. The van der Waals surface area contributed by atoms with Crippen molar-refractivity contribution < 1.29 is 14.6 Å². The van der Waals surface area contributed by atoms with E-state index in [9.17, 15) is 5.11 Å². The van der Waals surface area contributed by atoms with Gasteiger partial charge in [-0.15, -0.1) is 0 Å². The normalized spacial score (nSPS) is 31.4. The first-order valence-corrected chi connectivity index (χ1v) is 5.90. The van der Waals surface area contributed by atoms with Crippen LogP contribution in [0.3, 0.4) is 0 Å². The monoisotopic (exact) mass is 215 g/mol. The van der Waals surface area contributed by atoms with Crippen molar-refractivity contribution in [3.8, 4) is 0 Å². The van der Waals surface area contributed by atoms with Crippen LogP contribution in [-0.2, 0) is 9.47 Å². The van der Waals surface area contributed by atoms with E-state index in [1.165, 1.54) is 0 Å². The van der Waals surface area contributed by atoms with Crippen molar-refractivity contribution in [3.63, 3.8) is 0 Å². The van der Waals surface area contributed by atoms with Crippen molar-refractivity contribution in [2.24, 2.45) is 0 Å². The van der Waals surface area contributed by atoms with Gasteiger partial charge in [-0.2, -0.15) is 0 Å². The second-order valence-corrected chi connectivity index (χ2v) is 4.63. The molecular formula is C11H21NO3. The van der Waals surface area contributed by atoms with Gasteiger partial charge in [0.15, 0.2) is 0 Å². The Bertz CT molecular complexity index is 186. The van der Waals surface area contributed by atoms with E-state index in [4.69, 9.17) is 9.47 Å². The highest BCUT2D eigenvalue weighted by molar-refractivity contribution is 4.85. The van der Waals surface area contributed by atoms with Gasteiger partial charge in [0.05, 0.1) is 12.2 Å². The van der Waals surface area contributed by atoms with E-state index in [0.717, 1.165) is 38.9 Å². The van der Waals surface area contributed by atoms with E-state index in [1.807, 2.05) is 0 Å². The van der Waals surface area contributed by atoms with Gasteiger partial charge < -0.3 is 19.9 Å². The highest BCUT2D eigenvalue weighted by Gasteiger charge is 2.30. The van der Waals surface area contributed by atoms with Crippen molar-refractivity contribution in [1.29, 1.82) is 0 Å². The average molecular weight is 215 g/mol. The predicted molar refractivity (Wildman–Crippen MR) is 56.8 cm³/mol. The maximum atomic E-state index is 10.2. The Labute approximate surface area is 90.9 Å². The molecule has 0 radical (unpaired) electrons. The van der Waals surface area contributed by atoms with Gasteiger partial charge in [0.25, 0.3) is 0 Å². The third kappa shape index (κ3) is 3.41. The smallest absolute Gasteiger partial charge is 0.0815 e. The van der Waals surface area contributed by atoms with E-state index < -0.39 is 5.60 Å². The van der Waals surface area contributed by atoms with Crippen LogP contribution in [0.1, 0.15) is 25.7 Å². The third-order valence-corrected chi connectivity index (χ3v) is 3.30. The first kappa shape index (κ1) is 11.3. The molecule has 0 saturated carbocycles. The SMILES string of the molecule is OC1(CNC2CCCOC2)CCOCC1. The number of rotatable bonds is 3. The third-order valence-electron chi connectivity index (χ3n) is 3.30. The highest BCUT2D eigenvalue weighted by Crippen LogP contribution is 2.20. The lowest BCUT2D eigenvalue weighted by Crippen LogP contribution is -2.49. The molecular weight excluding hydrogens is 194 g/mol. The van der Waals surface area contributed by atoms with Crippen LogP contribution < -0.4 is 5.32 Å². The fourth-order valence-corrected chi connectivity index (χ4v) is 2.16. The van der Waals surface area contributed by atoms with Crippen LogP contribution in [-0.4, -0.2) is 49.7 Å². The second-order valence-electron chi connectivity index (χ2n) is 4.63. The number of aliphatic hydroxyl groups is 1. The molecule has 2 aliphatic rings. The largest absolute Gasteiger partial charge is 0.388 e. The van der Waals surface area contributed by atoms with Crippen molar-refractivity contribution in [3.05, 3.63) is 0 Å². The summed E-state index contributed by atoms with van der Waals surface area (Å²) in [4.78, 5) is 0. The van der Waals surface area contributed by atoms with Crippen molar-refractivity contribution in [1.82, 2.24) is 5.32 Å². The van der Waals surface area contributed by atoms with Crippen molar-refractivity contribution in [2.75, 3.05) is 33.0 Å². The molecule has 15 heavy (non-hydrogen) atoms. The van der Waals surface area contributed by atoms with Gasteiger partial charge in [0, 0.05) is 45.2 Å². The minimum absolute atomic E-state index is 0.422. The van der Waals surface area contributed by atoms with Gasteiger partial charge >= 0.3 is 0 Å².